The number of rotatable bonds is 5. The van der Waals surface area contributed by atoms with Crippen molar-refractivity contribution in [2.24, 2.45) is 0 Å². The fraction of sp³-hybridized carbons (Fsp3) is 0.167. The van der Waals surface area contributed by atoms with Crippen molar-refractivity contribution in [3.63, 3.8) is 0 Å². The molecule has 1 aromatic carbocycles. The van der Waals surface area contributed by atoms with E-state index in [0.717, 1.165) is 0 Å². The van der Waals surface area contributed by atoms with Crippen LogP contribution < -0.4 is 14.2 Å². The second kappa shape index (κ2) is 5.74. The Morgan fingerprint density at radius 3 is 2.45 bits per heavy atom. The minimum absolute atomic E-state index is 0.0424. The van der Waals surface area contributed by atoms with E-state index in [0.29, 0.717) is 11.5 Å². The van der Waals surface area contributed by atoms with Crippen LogP contribution in [0.3, 0.4) is 0 Å². The summed E-state index contributed by atoms with van der Waals surface area (Å²) < 4.78 is 36.9. The molecular weight excluding hydrogens is 282 g/mol. The highest BCUT2D eigenvalue weighted by Crippen LogP contribution is 2.29. The van der Waals surface area contributed by atoms with Crippen LogP contribution in [0.2, 0.25) is 0 Å². The maximum absolute atomic E-state index is 12.2. The average molecular weight is 295 g/mol. The first-order valence-electron chi connectivity index (χ1n) is 5.57. The van der Waals surface area contributed by atoms with E-state index in [1.165, 1.54) is 51.0 Å². The molecule has 0 amide bonds. The second-order valence-corrected chi connectivity index (χ2v) is 5.40. The maximum atomic E-state index is 12.2. The average Bonchev–Trinajstić information content (AvgIpc) is 2.47. The third kappa shape index (κ3) is 2.97. The Labute approximate surface area is 116 Å². The largest absolute Gasteiger partial charge is 0.493 e. The van der Waals surface area contributed by atoms with Gasteiger partial charge in [-0.05, 0) is 12.1 Å². The monoisotopic (exact) mass is 295 g/mol. The Morgan fingerprint density at radius 2 is 1.85 bits per heavy atom. The molecule has 1 N–H and O–H groups in total. The van der Waals surface area contributed by atoms with Gasteiger partial charge in [-0.3, -0.25) is 9.71 Å². The van der Waals surface area contributed by atoms with Crippen LogP contribution in [-0.4, -0.2) is 32.6 Å². The third-order valence-corrected chi connectivity index (χ3v) is 3.82. The number of hydrogen-bond acceptors (Lipinski definition) is 6. The SMILES string of the molecule is COc1ccc(S(=O)(=O)Nc2cnccn2)cc1OC. The van der Waals surface area contributed by atoms with Crippen molar-refractivity contribution in [3.8, 4) is 11.5 Å². The molecule has 0 saturated carbocycles. The van der Waals surface area contributed by atoms with E-state index in [4.69, 9.17) is 9.47 Å². The molecule has 0 fully saturated rings. The van der Waals surface area contributed by atoms with E-state index < -0.39 is 10.0 Å². The molecule has 0 unspecified atom stereocenters. The summed E-state index contributed by atoms with van der Waals surface area (Å²) in [6, 6.07) is 4.31. The number of nitrogens with one attached hydrogen (secondary N) is 1. The van der Waals surface area contributed by atoms with Crippen molar-refractivity contribution >= 4 is 15.8 Å². The maximum Gasteiger partial charge on any atom is 0.263 e. The standard InChI is InChI=1S/C12H13N3O4S/c1-18-10-4-3-9(7-11(10)19-2)20(16,17)15-12-8-13-5-6-14-12/h3-8H,1-2H3,(H,14,15). The van der Waals surface area contributed by atoms with Crippen LogP contribution in [0.15, 0.2) is 41.7 Å². The molecule has 0 spiro atoms. The van der Waals surface area contributed by atoms with E-state index in [1.807, 2.05) is 0 Å². The van der Waals surface area contributed by atoms with E-state index >= 15 is 0 Å². The van der Waals surface area contributed by atoms with Crippen LogP contribution >= 0.6 is 0 Å². The predicted octanol–water partition coefficient (Wildman–Crippen LogP) is 1.29. The summed E-state index contributed by atoms with van der Waals surface area (Å²) in [6.45, 7) is 0. The van der Waals surface area contributed by atoms with Gasteiger partial charge in [-0.1, -0.05) is 0 Å². The van der Waals surface area contributed by atoms with Gasteiger partial charge >= 0.3 is 0 Å². The van der Waals surface area contributed by atoms with Gasteiger partial charge in [0, 0.05) is 18.5 Å². The number of aromatic nitrogens is 2. The number of hydrogen-bond donors (Lipinski definition) is 1. The molecule has 0 radical (unpaired) electrons. The first-order chi connectivity index (χ1) is 9.56. The zero-order valence-electron chi connectivity index (χ0n) is 10.9. The highest BCUT2D eigenvalue weighted by molar-refractivity contribution is 7.92. The van der Waals surface area contributed by atoms with Gasteiger partial charge in [0.05, 0.1) is 25.3 Å². The molecule has 2 aromatic rings. The molecule has 106 valence electrons. The molecule has 7 nitrogen and oxygen atoms in total. The first-order valence-corrected chi connectivity index (χ1v) is 7.06. The van der Waals surface area contributed by atoms with Crippen LogP contribution in [0, 0.1) is 0 Å². The lowest BCUT2D eigenvalue weighted by molar-refractivity contribution is 0.354. The number of benzene rings is 1. The van der Waals surface area contributed by atoms with Gasteiger partial charge in [0.2, 0.25) is 0 Å². The molecule has 0 saturated heterocycles. The second-order valence-electron chi connectivity index (χ2n) is 3.71. The Hall–Kier alpha value is -2.35. The van der Waals surface area contributed by atoms with Crippen molar-refractivity contribution in [2.45, 2.75) is 4.90 Å². The summed E-state index contributed by atoms with van der Waals surface area (Å²) in [5, 5.41) is 0. The van der Waals surface area contributed by atoms with E-state index in [2.05, 4.69) is 14.7 Å². The van der Waals surface area contributed by atoms with Crippen LogP contribution in [-0.2, 0) is 10.0 Å². The Balaban J connectivity index is 2.35. The van der Waals surface area contributed by atoms with Gasteiger partial charge in [0.25, 0.3) is 10.0 Å². The zero-order valence-corrected chi connectivity index (χ0v) is 11.7. The Bertz CT molecular complexity index is 689. The highest BCUT2D eigenvalue weighted by atomic mass is 32.2. The number of anilines is 1. The zero-order chi connectivity index (χ0) is 14.6. The minimum atomic E-state index is -3.76. The van der Waals surface area contributed by atoms with E-state index in [1.54, 1.807) is 0 Å². The van der Waals surface area contributed by atoms with Gasteiger partial charge in [-0.2, -0.15) is 0 Å². The summed E-state index contributed by atoms with van der Waals surface area (Å²) in [7, 11) is -0.848. The summed E-state index contributed by atoms with van der Waals surface area (Å²) in [5.41, 5.74) is 0. The first kappa shape index (κ1) is 14.1. The minimum Gasteiger partial charge on any atom is -0.493 e. The van der Waals surface area contributed by atoms with E-state index in [-0.39, 0.29) is 10.7 Å². The van der Waals surface area contributed by atoms with Gasteiger partial charge in [-0.15, -0.1) is 0 Å². The number of methoxy groups -OCH3 is 2. The molecule has 20 heavy (non-hydrogen) atoms. The number of sulfonamides is 1. The van der Waals surface area contributed by atoms with Crippen LogP contribution in [0.4, 0.5) is 5.82 Å². The smallest absolute Gasteiger partial charge is 0.263 e. The predicted molar refractivity (Wildman–Crippen MR) is 72.4 cm³/mol. The van der Waals surface area contributed by atoms with Gasteiger partial charge in [0.1, 0.15) is 0 Å². The van der Waals surface area contributed by atoms with E-state index in [9.17, 15) is 8.42 Å². The molecule has 0 aliphatic rings. The lowest BCUT2D eigenvalue weighted by Crippen LogP contribution is -2.14. The van der Waals surface area contributed by atoms with Crippen molar-refractivity contribution in [2.75, 3.05) is 18.9 Å². The van der Waals surface area contributed by atoms with Crippen molar-refractivity contribution < 1.29 is 17.9 Å². The molecule has 0 atom stereocenters. The van der Waals surface area contributed by atoms with Crippen molar-refractivity contribution in [1.29, 1.82) is 0 Å². The lowest BCUT2D eigenvalue weighted by atomic mass is 10.3. The molecule has 1 heterocycles. The molecule has 1 aromatic heterocycles. The third-order valence-electron chi connectivity index (χ3n) is 2.47. The summed E-state index contributed by atoms with van der Waals surface area (Å²) in [5.74, 6) is 0.919. The fourth-order valence-corrected chi connectivity index (χ4v) is 2.54. The van der Waals surface area contributed by atoms with Gasteiger partial charge in [-0.25, -0.2) is 13.4 Å². The van der Waals surface area contributed by atoms with Crippen LogP contribution in [0.1, 0.15) is 0 Å². The molecule has 2 rings (SSSR count). The van der Waals surface area contributed by atoms with Gasteiger partial charge in [0.15, 0.2) is 17.3 Å². The molecule has 0 aliphatic carbocycles. The summed E-state index contributed by atoms with van der Waals surface area (Å²) in [4.78, 5) is 7.69. The summed E-state index contributed by atoms with van der Waals surface area (Å²) in [6.07, 6.45) is 4.17. The van der Waals surface area contributed by atoms with Crippen LogP contribution in [0.25, 0.3) is 0 Å². The molecule has 8 heteroatoms. The fourth-order valence-electron chi connectivity index (χ4n) is 1.53. The number of nitrogens with zero attached hydrogens (tertiary/aromatic N) is 2. The Kier molecular flexibility index (Phi) is 4.04. The molecular formula is C12H13N3O4S. The number of ether oxygens (including phenoxy) is 2. The van der Waals surface area contributed by atoms with Crippen molar-refractivity contribution in [1.82, 2.24) is 9.97 Å². The lowest BCUT2D eigenvalue weighted by Gasteiger charge is -2.10. The van der Waals surface area contributed by atoms with Crippen LogP contribution in [0.5, 0.6) is 11.5 Å². The Morgan fingerprint density at radius 1 is 1.10 bits per heavy atom. The summed E-state index contributed by atoms with van der Waals surface area (Å²) >= 11 is 0. The van der Waals surface area contributed by atoms with Gasteiger partial charge < -0.3 is 9.47 Å². The molecule has 0 aliphatic heterocycles. The topological polar surface area (TPSA) is 90.4 Å². The normalized spacial score (nSPS) is 10.9. The van der Waals surface area contributed by atoms with Crippen molar-refractivity contribution in [3.05, 3.63) is 36.8 Å². The molecule has 0 bridgehead atoms. The highest BCUT2D eigenvalue weighted by Gasteiger charge is 2.17. The quantitative estimate of drug-likeness (QED) is 0.894.